The fraction of sp³-hybridized carbons (Fsp3) is 0.381. The molecule has 3 aromatic heterocycles. The first kappa shape index (κ1) is 19.7. The summed E-state index contributed by atoms with van der Waals surface area (Å²) >= 11 is 3.21. The molecule has 1 aliphatic heterocycles. The molecule has 0 aliphatic carbocycles. The topological polar surface area (TPSA) is 68.2 Å². The van der Waals surface area contributed by atoms with Crippen LogP contribution in [-0.2, 0) is 0 Å². The molecule has 0 bridgehead atoms. The minimum absolute atomic E-state index is 0.291. The summed E-state index contributed by atoms with van der Waals surface area (Å²) in [4.78, 5) is 3.49. The maximum absolute atomic E-state index is 13.4. The molecule has 0 saturated carbocycles. The SMILES string of the molecule is Fc1ccc2c(C3CCN(CCCSc4nnc(-c5cccs5)o4)CC3)noc2c1. The molecule has 0 unspecified atom stereocenters. The van der Waals surface area contributed by atoms with Gasteiger partial charge in [-0.25, -0.2) is 4.39 Å². The van der Waals surface area contributed by atoms with E-state index in [1.165, 1.54) is 12.1 Å². The zero-order valence-electron chi connectivity index (χ0n) is 16.3. The number of piperidine rings is 1. The van der Waals surface area contributed by atoms with Crippen molar-refractivity contribution in [3.8, 4) is 10.8 Å². The summed E-state index contributed by atoms with van der Waals surface area (Å²) in [5.74, 6) is 1.63. The van der Waals surface area contributed by atoms with Crippen molar-refractivity contribution in [2.45, 2.75) is 30.4 Å². The second-order valence-corrected chi connectivity index (χ2v) is 9.37. The Morgan fingerprint density at radius 3 is 2.93 bits per heavy atom. The van der Waals surface area contributed by atoms with Crippen LogP contribution in [-0.4, -0.2) is 45.6 Å². The highest BCUT2D eigenvalue weighted by Gasteiger charge is 2.25. The van der Waals surface area contributed by atoms with Gasteiger partial charge < -0.3 is 13.8 Å². The van der Waals surface area contributed by atoms with Crippen molar-refractivity contribution in [1.82, 2.24) is 20.3 Å². The number of nitrogens with zero attached hydrogens (tertiary/aromatic N) is 4. The molecule has 4 heterocycles. The van der Waals surface area contributed by atoms with Crippen molar-refractivity contribution in [1.29, 1.82) is 0 Å². The highest BCUT2D eigenvalue weighted by molar-refractivity contribution is 7.99. The predicted molar refractivity (Wildman–Crippen MR) is 115 cm³/mol. The van der Waals surface area contributed by atoms with Gasteiger partial charge >= 0.3 is 0 Å². The van der Waals surface area contributed by atoms with Gasteiger partial charge in [0.2, 0.25) is 0 Å². The van der Waals surface area contributed by atoms with Gasteiger partial charge in [-0.05, 0) is 62.5 Å². The lowest BCUT2D eigenvalue weighted by atomic mass is 9.91. The summed E-state index contributed by atoms with van der Waals surface area (Å²) in [6.45, 7) is 3.12. The van der Waals surface area contributed by atoms with E-state index in [1.54, 1.807) is 29.2 Å². The fourth-order valence-corrected chi connectivity index (χ4v) is 5.20. The third-order valence-electron chi connectivity index (χ3n) is 5.42. The van der Waals surface area contributed by atoms with Crippen LogP contribution in [0.25, 0.3) is 21.7 Å². The lowest BCUT2D eigenvalue weighted by Gasteiger charge is -2.31. The molecule has 30 heavy (non-hydrogen) atoms. The summed E-state index contributed by atoms with van der Waals surface area (Å²) in [5.41, 5.74) is 1.51. The molecule has 5 rings (SSSR count). The first-order valence-corrected chi connectivity index (χ1v) is 11.9. The molecule has 4 aromatic rings. The van der Waals surface area contributed by atoms with Crippen molar-refractivity contribution in [2.75, 3.05) is 25.4 Å². The van der Waals surface area contributed by atoms with E-state index in [1.807, 2.05) is 17.5 Å². The zero-order chi connectivity index (χ0) is 20.3. The van der Waals surface area contributed by atoms with Crippen molar-refractivity contribution in [3.63, 3.8) is 0 Å². The van der Waals surface area contributed by atoms with E-state index in [2.05, 4.69) is 20.3 Å². The number of rotatable bonds is 7. The van der Waals surface area contributed by atoms with Crippen LogP contribution in [0.15, 0.2) is 49.9 Å². The number of fused-ring (bicyclic) bond motifs is 1. The number of thioether (sulfide) groups is 1. The number of likely N-dealkylation sites (tertiary alicyclic amines) is 1. The monoisotopic (exact) mass is 444 g/mol. The summed E-state index contributed by atoms with van der Waals surface area (Å²) < 4.78 is 24.4. The van der Waals surface area contributed by atoms with Crippen molar-refractivity contribution >= 4 is 34.1 Å². The van der Waals surface area contributed by atoms with E-state index in [-0.39, 0.29) is 5.82 Å². The van der Waals surface area contributed by atoms with E-state index >= 15 is 0 Å². The summed E-state index contributed by atoms with van der Waals surface area (Å²) in [5, 5.41) is 16.0. The Morgan fingerprint density at radius 1 is 1.20 bits per heavy atom. The smallest absolute Gasteiger partial charge is 0.276 e. The third kappa shape index (κ3) is 4.28. The highest BCUT2D eigenvalue weighted by Crippen LogP contribution is 2.33. The third-order valence-corrected chi connectivity index (χ3v) is 7.18. The maximum atomic E-state index is 13.4. The van der Waals surface area contributed by atoms with Crippen molar-refractivity contribution in [3.05, 3.63) is 47.2 Å². The molecule has 0 atom stereocenters. The molecule has 0 N–H and O–H groups in total. The van der Waals surface area contributed by atoms with Crippen LogP contribution in [0.4, 0.5) is 4.39 Å². The molecule has 0 radical (unpaired) electrons. The minimum atomic E-state index is -0.291. The van der Waals surface area contributed by atoms with Gasteiger partial charge in [0.25, 0.3) is 11.1 Å². The molecular formula is C21H21FN4O2S2. The number of aromatic nitrogens is 3. The van der Waals surface area contributed by atoms with Gasteiger partial charge in [-0.2, -0.15) is 0 Å². The number of hydrogen-bond acceptors (Lipinski definition) is 8. The predicted octanol–water partition coefficient (Wildman–Crippen LogP) is 5.44. The molecule has 6 nitrogen and oxygen atoms in total. The minimum Gasteiger partial charge on any atom is -0.410 e. The Bertz CT molecular complexity index is 1100. The van der Waals surface area contributed by atoms with E-state index in [0.717, 1.165) is 60.6 Å². The first-order valence-electron chi connectivity index (χ1n) is 10.0. The highest BCUT2D eigenvalue weighted by atomic mass is 32.2. The van der Waals surface area contributed by atoms with Gasteiger partial charge in [0, 0.05) is 23.1 Å². The lowest BCUT2D eigenvalue weighted by molar-refractivity contribution is 0.210. The van der Waals surface area contributed by atoms with E-state index < -0.39 is 0 Å². The normalized spacial score (nSPS) is 15.9. The molecule has 1 aromatic carbocycles. The number of halogens is 1. The Hall–Kier alpha value is -2.23. The Kier molecular flexibility index (Phi) is 5.83. The van der Waals surface area contributed by atoms with Crippen molar-refractivity contribution < 1.29 is 13.3 Å². The second kappa shape index (κ2) is 8.87. The second-order valence-electron chi connectivity index (χ2n) is 7.38. The molecule has 1 saturated heterocycles. The van der Waals surface area contributed by atoms with Gasteiger partial charge in [-0.3, -0.25) is 0 Å². The number of thiophene rings is 1. The van der Waals surface area contributed by atoms with E-state index in [9.17, 15) is 4.39 Å². The average Bonchev–Trinajstić information content (AvgIpc) is 3.51. The van der Waals surface area contributed by atoms with Crippen LogP contribution >= 0.6 is 23.1 Å². The lowest BCUT2D eigenvalue weighted by Crippen LogP contribution is -2.34. The van der Waals surface area contributed by atoms with Gasteiger partial charge in [0.15, 0.2) is 5.58 Å². The first-order chi connectivity index (χ1) is 14.8. The largest absolute Gasteiger partial charge is 0.410 e. The van der Waals surface area contributed by atoms with Gasteiger partial charge in [0.1, 0.15) is 5.82 Å². The maximum Gasteiger partial charge on any atom is 0.276 e. The van der Waals surface area contributed by atoms with Gasteiger partial charge in [-0.15, -0.1) is 21.5 Å². The number of benzene rings is 1. The van der Waals surface area contributed by atoms with Gasteiger partial charge in [0.05, 0.1) is 10.6 Å². The molecular weight excluding hydrogens is 423 g/mol. The summed E-state index contributed by atoms with van der Waals surface area (Å²) in [7, 11) is 0. The summed E-state index contributed by atoms with van der Waals surface area (Å²) in [6.07, 6.45) is 3.15. The zero-order valence-corrected chi connectivity index (χ0v) is 17.9. The van der Waals surface area contributed by atoms with E-state index in [0.29, 0.717) is 22.6 Å². The molecule has 1 aliphatic rings. The van der Waals surface area contributed by atoms with Crippen LogP contribution in [0.3, 0.4) is 0 Å². The fourth-order valence-electron chi connectivity index (χ4n) is 3.87. The average molecular weight is 445 g/mol. The number of hydrogen-bond donors (Lipinski definition) is 0. The van der Waals surface area contributed by atoms with Gasteiger partial charge in [-0.1, -0.05) is 23.0 Å². The Balaban J connectivity index is 1.07. The van der Waals surface area contributed by atoms with Crippen LogP contribution in [0, 0.1) is 5.82 Å². The quantitative estimate of drug-likeness (QED) is 0.278. The Morgan fingerprint density at radius 2 is 2.10 bits per heavy atom. The molecule has 156 valence electrons. The molecule has 0 spiro atoms. The summed E-state index contributed by atoms with van der Waals surface area (Å²) in [6, 6.07) is 8.62. The molecule has 9 heteroatoms. The standard InChI is InChI=1S/C21H21FN4O2S2/c22-15-4-5-16-17(13-15)28-25-19(16)14-6-9-26(10-7-14)8-2-12-30-21-24-23-20(27-21)18-3-1-11-29-18/h1,3-5,11,13-14H,2,6-10,12H2. The van der Waals surface area contributed by atoms with Crippen LogP contribution in [0.2, 0.25) is 0 Å². The van der Waals surface area contributed by atoms with Crippen LogP contribution in [0.5, 0.6) is 0 Å². The molecule has 0 amide bonds. The Labute approximate surface area is 181 Å². The van der Waals surface area contributed by atoms with Crippen LogP contribution in [0.1, 0.15) is 30.9 Å². The van der Waals surface area contributed by atoms with Crippen LogP contribution < -0.4 is 0 Å². The molecule has 1 fully saturated rings. The van der Waals surface area contributed by atoms with Crippen molar-refractivity contribution in [2.24, 2.45) is 0 Å². The van der Waals surface area contributed by atoms with E-state index in [4.69, 9.17) is 8.94 Å².